The SMILES string of the molecule is CCNC(O)c1ccc2c(C(=O)[C@H](NCCc3ccc(C#N)cc3)c3ccccc3)cnn2c1. The summed E-state index contributed by atoms with van der Waals surface area (Å²) in [5.74, 6) is -0.0685. The number of fused-ring (bicyclic) bond motifs is 1. The number of benzene rings is 2. The van der Waals surface area contributed by atoms with Gasteiger partial charge in [-0.3, -0.25) is 10.1 Å². The highest BCUT2D eigenvalue weighted by Gasteiger charge is 2.24. The third-order valence-electron chi connectivity index (χ3n) is 5.76. The Morgan fingerprint density at radius 2 is 1.82 bits per heavy atom. The molecule has 0 spiro atoms. The van der Waals surface area contributed by atoms with Crippen molar-refractivity contribution in [3.05, 3.63) is 107 Å². The number of aliphatic hydroxyl groups excluding tert-OH is 1. The second-order valence-electron chi connectivity index (χ2n) is 8.03. The number of ketones is 1. The zero-order valence-corrected chi connectivity index (χ0v) is 19.0. The van der Waals surface area contributed by atoms with Gasteiger partial charge in [0.05, 0.1) is 35.0 Å². The van der Waals surface area contributed by atoms with Gasteiger partial charge in [0.1, 0.15) is 6.23 Å². The van der Waals surface area contributed by atoms with Crippen LogP contribution in [0.5, 0.6) is 0 Å². The number of carbonyl (C=O) groups is 1. The molecular formula is C27H27N5O2. The summed E-state index contributed by atoms with van der Waals surface area (Å²) < 4.78 is 1.63. The van der Waals surface area contributed by atoms with Crippen molar-refractivity contribution in [3.8, 4) is 6.07 Å². The second kappa shape index (κ2) is 10.9. The van der Waals surface area contributed by atoms with Gasteiger partial charge in [-0.15, -0.1) is 0 Å². The average Bonchev–Trinajstić information content (AvgIpc) is 3.31. The first kappa shape index (κ1) is 23.3. The Hall–Kier alpha value is -3.83. The van der Waals surface area contributed by atoms with Crippen molar-refractivity contribution in [2.24, 2.45) is 0 Å². The molecule has 2 atom stereocenters. The zero-order valence-electron chi connectivity index (χ0n) is 19.0. The van der Waals surface area contributed by atoms with Gasteiger partial charge in [-0.05, 0) is 42.3 Å². The number of pyridine rings is 1. The monoisotopic (exact) mass is 453 g/mol. The molecule has 34 heavy (non-hydrogen) atoms. The van der Waals surface area contributed by atoms with E-state index in [1.807, 2.05) is 55.5 Å². The van der Waals surface area contributed by atoms with Crippen LogP contribution in [0.1, 0.15) is 51.8 Å². The van der Waals surface area contributed by atoms with Gasteiger partial charge in [0.15, 0.2) is 5.78 Å². The van der Waals surface area contributed by atoms with Crippen LogP contribution in [-0.4, -0.2) is 33.6 Å². The van der Waals surface area contributed by atoms with Gasteiger partial charge >= 0.3 is 0 Å². The summed E-state index contributed by atoms with van der Waals surface area (Å²) in [6.45, 7) is 3.15. The first-order valence-electron chi connectivity index (χ1n) is 11.3. The fraction of sp³-hybridized carbons (Fsp3) is 0.222. The molecule has 4 rings (SSSR count). The number of hydrogen-bond donors (Lipinski definition) is 3. The van der Waals surface area contributed by atoms with E-state index < -0.39 is 12.3 Å². The molecule has 0 bridgehead atoms. The van der Waals surface area contributed by atoms with Crippen molar-refractivity contribution in [2.45, 2.75) is 25.6 Å². The molecule has 0 radical (unpaired) electrons. The number of aliphatic hydroxyl groups is 1. The lowest BCUT2D eigenvalue weighted by Crippen LogP contribution is -2.30. The number of carbonyl (C=O) groups excluding carboxylic acids is 1. The first-order chi connectivity index (χ1) is 16.6. The van der Waals surface area contributed by atoms with E-state index in [9.17, 15) is 9.90 Å². The topological polar surface area (TPSA) is 102 Å². The van der Waals surface area contributed by atoms with Gasteiger partial charge in [-0.1, -0.05) is 55.5 Å². The Labute approximate surface area is 198 Å². The van der Waals surface area contributed by atoms with Crippen LogP contribution in [0.3, 0.4) is 0 Å². The van der Waals surface area contributed by atoms with Gasteiger partial charge in [0.2, 0.25) is 0 Å². The Kier molecular flexibility index (Phi) is 7.45. The van der Waals surface area contributed by atoms with Crippen LogP contribution in [0.4, 0.5) is 0 Å². The Balaban J connectivity index is 1.55. The van der Waals surface area contributed by atoms with E-state index in [0.717, 1.165) is 17.5 Å². The number of nitriles is 1. The van der Waals surface area contributed by atoms with E-state index in [2.05, 4.69) is 21.8 Å². The summed E-state index contributed by atoms with van der Waals surface area (Å²) in [5.41, 5.74) is 4.48. The fourth-order valence-corrected chi connectivity index (χ4v) is 3.93. The lowest BCUT2D eigenvalue weighted by atomic mass is 9.97. The van der Waals surface area contributed by atoms with Crippen LogP contribution in [0.2, 0.25) is 0 Å². The maximum Gasteiger partial charge on any atom is 0.188 e. The molecule has 7 heteroatoms. The summed E-state index contributed by atoms with van der Waals surface area (Å²) in [7, 11) is 0. The minimum Gasteiger partial charge on any atom is -0.374 e. The first-order valence-corrected chi connectivity index (χ1v) is 11.3. The molecule has 172 valence electrons. The van der Waals surface area contributed by atoms with Crippen LogP contribution in [-0.2, 0) is 6.42 Å². The van der Waals surface area contributed by atoms with Crippen LogP contribution < -0.4 is 10.6 Å². The van der Waals surface area contributed by atoms with Crippen molar-refractivity contribution >= 4 is 11.3 Å². The van der Waals surface area contributed by atoms with Crippen LogP contribution >= 0.6 is 0 Å². The van der Waals surface area contributed by atoms with E-state index in [4.69, 9.17) is 5.26 Å². The molecule has 0 aliphatic rings. The second-order valence-corrected chi connectivity index (χ2v) is 8.03. The smallest absolute Gasteiger partial charge is 0.188 e. The maximum atomic E-state index is 13.7. The highest BCUT2D eigenvalue weighted by atomic mass is 16.3. The number of Topliss-reactive ketones (excluding diaryl/α,β-unsaturated/α-hetero) is 1. The van der Waals surface area contributed by atoms with Crippen molar-refractivity contribution in [1.82, 2.24) is 20.2 Å². The van der Waals surface area contributed by atoms with Gasteiger partial charge in [0, 0.05) is 18.3 Å². The summed E-state index contributed by atoms with van der Waals surface area (Å²) in [6, 6.07) is 22.3. The highest BCUT2D eigenvalue weighted by molar-refractivity contribution is 6.05. The van der Waals surface area contributed by atoms with Crippen molar-refractivity contribution in [1.29, 1.82) is 5.26 Å². The lowest BCUT2D eigenvalue weighted by Gasteiger charge is -2.18. The van der Waals surface area contributed by atoms with Crippen molar-refractivity contribution in [2.75, 3.05) is 13.1 Å². The standard InChI is InChI=1S/C27H27N5O2/c1-2-29-27(34)22-12-13-24-23(17-31-32(24)18-22)26(33)25(21-6-4-3-5-7-21)30-15-14-19-8-10-20(16-28)11-9-19/h3-13,17-18,25,27,29-30,34H,2,14-15H2,1H3/t25-,27?/m1/s1. The molecule has 0 fully saturated rings. The number of rotatable bonds is 10. The molecule has 2 heterocycles. The maximum absolute atomic E-state index is 13.7. The van der Waals surface area contributed by atoms with Gasteiger partial charge in [0.25, 0.3) is 0 Å². The van der Waals surface area contributed by atoms with E-state index in [-0.39, 0.29) is 5.78 Å². The Bertz CT molecular complexity index is 1290. The molecule has 4 aromatic rings. The average molecular weight is 454 g/mol. The summed E-state index contributed by atoms with van der Waals surface area (Å²) in [6.07, 6.45) is 3.25. The number of nitrogens with zero attached hydrogens (tertiary/aromatic N) is 3. The Morgan fingerprint density at radius 1 is 1.06 bits per heavy atom. The number of aromatic nitrogens is 2. The zero-order chi connectivity index (χ0) is 23.9. The van der Waals surface area contributed by atoms with Crippen molar-refractivity contribution < 1.29 is 9.90 Å². The van der Waals surface area contributed by atoms with Gasteiger partial charge in [-0.2, -0.15) is 10.4 Å². The van der Waals surface area contributed by atoms with E-state index in [1.165, 1.54) is 0 Å². The minimum absolute atomic E-state index is 0.0685. The Morgan fingerprint density at radius 3 is 2.53 bits per heavy atom. The van der Waals surface area contributed by atoms with Gasteiger partial charge in [-0.25, -0.2) is 4.52 Å². The molecule has 0 aliphatic carbocycles. The largest absolute Gasteiger partial charge is 0.374 e. The molecule has 0 saturated heterocycles. The molecule has 1 unspecified atom stereocenters. The minimum atomic E-state index is -0.793. The lowest BCUT2D eigenvalue weighted by molar-refractivity contribution is 0.0945. The summed E-state index contributed by atoms with van der Waals surface area (Å²) >= 11 is 0. The molecule has 7 nitrogen and oxygen atoms in total. The number of nitrogens with one attached hydrogen (secondary N) is 2. The molecule has 2 aromatic heterocycles. The molecule has 2 aromatic carbocycles. The molecule has 0 aliphatic heterocycles. The van der Waals surface area contributed by atoms with E-state index in [1.54, 1.807) is 35.1 Å². The molecule has 3 N–H and O–H groups in total. The van der Waals surface area contributed by atoms with Gasteiger partial charge < -0.3 is 10.4 Å². The van der Waals surface area contributed by atoms with E-state index in [0.29, 0.717) is 35.3 Å². The predicted molar refractivity (Wildman–Crippen MR) is 130 cm³/mol. The van der Waals surface area contributed by atoms with Crippen LogP contribution in [0.15, 0.2) is 79.1 Å². The normalized spacial score (nSPS) is 12.9. The predicted octanol–water partition coefficient (Wildman–Crippen LogP) is 3.56. The van der Waals surface area contributed by atoms with E-state index >= 15 is 0 Å². The summed E-state index contributed by atoms with van der Waals surface area (Å²) in [4.78, 5) is 13.7. The fourth-order valence-electron chi connectivity index (χ4n) is 3.93. The number of hydrogen-bond acceptors (Lipinski definition) is 6. The third-order valence-corrected chi connectivity index (χ3v) is 5.76. The van der Waals surface area contributed by atoms with Crippen LogP contribution in [0.25, 0.3) is 5.52 Å². The highest BCUT2D eigenvalue weighted by Crippen LogP contribution is 2.23. The molecular weight excluding hydrogens is 426 g/mol. The molecule has 0 saturated carbocycles. The van der Waals surface area contributed by atoms with Crippen molar-refractivity contribution in [3.63, 3.8) is 0 Å². The molecule has 0 amide bonds. The quantitative estimate of drug-likeness (QED) is 0.251. The van der Waals surface area contributed by atoms with Crippen LogP contribution in [0, 0.1) is 11.3 Å². The third kappa shape index (κ3) is 5.21. The summed E-state index contributed by atoms with van der Waals surface area (Å²) in [5, 5.41) is 29.9.